The molecule has 204 valence electrons. The molecule has 38 heavy (non-hydrogen) atoms. The molecule has 3 aliphatic rings. The van der Waals surface area contributed by atoms with Gasteiger partial charge in [0.1, 0.15) is 5.75 Å². The summed E-state index contributed by atoms with van der Waals surface area (Å²) in [6, 6.07) is 16.7. The Bertz CT molecular complexity index is 1130. The van der Waals surface area contributed by atoms with Crippen LogP contribution in [0.25, 0.3) is 0 Å². The molecule has 0 N–H and O–H groups in total. The van der Waals surface area contributed by atoms with Gasteiger partial charge < -0.3 is 19.4 Å². The number of carbonyl (C=O) groups excluding carboxylic acids is 2. The van der Waals surface area contributed by atoms with Crippen molar-refractivity contribution in [2.45, 2.75) is 64.1 Å². The zero-order chi connectivity index (χ0) is 26.6. The van der Waals surface area contributed by atoms with Crippen molar-refractivity contribution in [2.24, 2.45) is 5.92 Å². The lowest BCUT2D eigenvalue weighted by Gasteiger charge is -2.44. The summed E-state index contributed by atoms with van der Waals surface area (Å²) in [4.78, 5) is 35.2. The number of hydrogen-bond acceptors (Lipinski definition) is 5. The number of carbonyl (C=O) groups is 2. The highest BCUT2D eigenvalue weighted by Crippen LogP contribution is 2.36. The van der Waals surface area contributed by atoms with Crippen LogP contribution in [0.15, 0.2) is 48.5 Å². The molecule has 1 saturated heterocycles. The molecular formula is C31H42N4O3. The normalized spacial score (nSPS) is 22.3. The van der Waals surface area contributed by atoms with Crippen LogP contribution in [-0.2, 0) is 16.1 Å². The van der Waals surface area contributed by atoms with Crippen molar-refractivity contribution in [1.29, 1.82) is 0 Å². The van der Waals surface area contributed by atoms with Gasteiger partial charge in [0.25, 0.3) is 5.91 Å². The minimum Gasteiger partial charge on any atom is -0.484 e. The van der Waals surface area contributed by atoms with Crippen LogP contribution in [-0.4, -0.2) is 74.0 Å². The van der Waals surface area contributed by atoms with Crippen molar-refractivity contribution in [3.8, 4) is 5.75 Å². The summed E-state index contributed by atoms with van der Waals surface area (Å²) in [7, 11) is 3.98. The summed E-state index contributed by atoms with van der Waals surface area (Å²) in [5.74, 6) is 1.51. The second kappa shape index (κ2) is 11.8. The summed E-state index contributed by atoms with van der Waals surface area (Å²) in [5, 5.41) is 0. The number of piperidine rings is 1. The summed E-state index contributed by atoms with van der Waals surface area (Å²) >= 11 is 0. The maximum atomic E-state index is 13.8. The Hall–Kier alpha value is -3.06. The Labute approximate surface area is 227 Å². The van der Waals surface area contributed by atoms with Crippen LogP contribution in [0.4, 0.5) is 11.4 Å². The fourth-order valence-electron chi connectivity index (χ4n) is 6.06. The van der Waals surface area contributed by atoms with Crippen molar-refractivity contribution >= 4 is 23.2 Å². The quantitative estimate of drug-likeness (QED) is 0.562. The summed E-state index contributed by atoms with van der Waals surface area (Å²) in [6.45, 7) is 4.63. The van der Waals surface area contributed by atoms with Crippen LogP contribution in [0, 0.1) is 5.92 Å². The van der Waals surface area contributed by atoms with E-state index in [0.29, 0.717) is 37.5 Å². The lowest BCUT2D eigenvalue weighted by atomic mass is 9.92. The molecule has 2 amide bonds. The minimum absolute atomic E-state index is 0.00571. The Morgan fingerprint density at radius 1 is 0.974 bits per heavy atom. The Morgan fingerprint density at radius 2 is 1.76 bits per heavy atom. The number of anilines is 2. The zero-order valence-electron chi connectivity index (χ0n) is 23.1. The number of ether oxygens (including phenoxy) is 1. The van der Waals surface area contributed by atoms with Gasteiger partial charge in [0.05, 0.1) is 0 Å². The SMILES string of the molecule is CC(=O)N1CCC2CCCC(CN(C(=O)COc3cccc(N(C)C)c3)Cc3ccccc31)N2CC1CC1. The van der Waals surface area contributed by atoms with Crippen molar-refractivity contribution in [3.05, 3.63) is 54.1 Å². The average molecular weight is 519 g/mol. The predicted molar refractivity (Wildman–Crippen MR) is 152 cm³/mol. The van der Waals surface area contributed by atoms with Gasteiger partial charge >= 0.3 is 0 Å². The first-order chi connectivity index (χ1) is 18.4. The van der Waals surface area contributed by atoms with Crippen LogP contribution >= 0.6 is 0 Å². The zero-order valence-corrected chi connectivity index (χ0v) is 23.1. The van der Waals surface area contributed by atoms with E-state index in [2.05, 4.69) is 11.0 Å². The van der Waals surface area contributed by atoms with Gasteiger partial charge in [0.15, 0.2) is 6.61 Å². The molecule has 2 aliphatic heterocycles. The Kier molecular flexibility index (Phi) is 8.22. The second-order valence-corrected chi connectivity index (χ2v) is 11.4. The second-order valence-electron chi connectivity index (χ2n) is 11.4. The molecule has 2 fully saturated rings. The molecule has 7 nitrogen and oxygen atoms in total. The molecule has 1 aliphatic carbocycles. The van der Waals surface area contributed by atoms with Gasteiger partial charge in [0.2, 0.25) is 5.91 Å². The molecule has 2 aromatic carbocycles. The monoisotopic (exact) mass is 518 g/mol. The number of amides is 2. The van der Waals surface area contributed by atoms with Crippen molar-refractivity contribution in [2.75, 3.05) is 50.1 Å². The highest BCUT2D eigenvalue weighted by molar-refractivity contribution is 5.92. The van der Waals surface area contributed by atoms with Gasteiger partial charge in [0, 0.05) is 76.7 Å². The highest BCUT2D eigenvalue weighted by Gasteiger charge is 2.37. The molecule has 0 spiro atoms. The number of nitrogens with zero attached hydrogens (tertiary/aromatic N) is 4. The van der Waals surface area contributed by atoms with Gasteiger partial charge in [-0.15, -0.1) is 0 Å². The summed E-state index contributed by atoms with van der Waals surface area (Å²) in [5.41, 5.74) is 2.96. The Morgan fingerprint density at radius 3 is 2.53 bits per heavy atom. The molecular weight excluding hydrogens is 476 g/mol. The van der Waals surface area contributed by atoms with Gasteiger partial charge in [-0.2, -0.15) is 0 Å². The number of benzene rings is 2. The Balaban J connectivity index is 1.42. The first-order valence-corrected chi connectivity index (χ1v) is 14.2. The largest absolute Gasteiger partial charge is 0.484 e. The lowest BCUT2D eigenvalue weighted by molar-refractivity contribution is -0.135. The average Bonchev–Trinajstić information content (AvgIpc) is 3.73. The van der Waals surface area contributed by atoms with Crippen molar-refractivity contribution in [3.63, 3.8) is 0 Å². The van der Waals surface area contributed by atoms with E-state index < -0.39 is 0 Å². The van der Waals surface area contributed by atoms with E-state index >= 15 is 0 Å². The predicted octanol–water partition coefficient (Wildman–Crippen LogP) is 4.55. The third kappa shape index (κ3) is 6.32. The van der Waals surface area contributed by atoms with E-state index in [0.717, 1.165) is 48.7 Å². The molecule has 5 rings (SSSR count). The van der Waals surface area contributed by atoms with E-state index in [1.807, 2.05) is 71.3 Å². The smallest absolute Gasteiger partial charge is 0.260 e. The fraction of sp³-hybridized carbons (Fsp3) is 0.548. The van der Waals surface area contributed by atoms with E-state index in [1.54, 1.807) is 6.92 Å². The van der Waals surface area contributed by atoms with Crippen LogP contribution in [0.2, 0.25) is 0 Å². The van der Waals surface area contributed by atoms with Gasteiger partial charge in [-0.1, -0.05) is 30.7 Å². The maximum Gasteiger partial charge on any atom is 0.260 e. The van der Waals surface area contributed by atoms with Crippen LogP contribution in [0.1, 0.15) is 51.0 Å². The highest BCUT2D eigenvalue weighted by atomic mass is 16.5. The molecule has 0 aromatic heterocycles. The summed E-state index contributed by atoms with van der Waals surface area (Å²) < 4.78 is 6.02. The van der Waals surface area contributed by atoms with E-state index in [-0.39, 0.29) is 18.4 Å². The molecule has 7 heteroatoms. The number of fused-ring (bicyclic) bond motifs is 3. The van der Waals surface area contributed by atoms with Crippen molar-refractivity contribution < 1.29 is 14.3 Å². The standard InChI is InChI=1S/C31H42N4O3/c1-23(36)34-17-16-26-9-6-11-28(35(26)19-24-14-15-24)21-33(20-25-8-4-5-13-30(25)34)31(37)22-38-29-12-7-10-27(18-29)32(2)3/h4-5,7-8,10,12-13,18,24,26,28H,6,9,11,14-17,19-22H2,1-3H3. The summed E-state index contributed by atoms with van der Waals surface area (Å²) in [6.07, 6.45) is 7.02. The number of rotatable bonds is 6. The first-order valence-electron chi connectivity index (χ1n) is 14.2. The van der Waals surface area contributed by atoms with Gasteiger partial charge in [-0.3, -0.25) is 14.5 Å². The molecule has 1 saturated carbocycles. The minimum atomic E-state index is -0.0165. The lowest BCUT2D eigenvalue weighted by Crippen LogP contribution is -2.53. The molecule has 2 bridgehead atoms. The van der Waals surface area contributed by atoms with Crippen LogP contribution < -0.4 is 14.5 Å². The van der Waals surface area contributed by atoms with Crippen molar-refractivity contribution in [1.82, 2.24) is 9.80 Å². The fourth-order valence-corrected chi connectivity index (χ4v) is 6.06. The van der Waals surface area contributed by atoms with Gasteiger partial charge in [-0.25, -0.2) is 0 Å². The number of para-hydroxylation sites is 1. The number of hydrogen-bond donors (Lipinski definition) is 0. The van der Waals surface area contributed by atoms with Crippen LogP contribution in [0.5, 0.6) is 5.75 Å². The van der Waals surface area contributed by atoms with Gasteiger partial charge in [-0.05, 0) is 61.8 Å². The third-order valence-corrected chi connectivity index (χ3v) is 8.37. The van der Waals surface area contributed by atoms with Crippen LogP contribution in [0.3, 0.4) is 0 Å². The van der Waals surface area contributed by atoms with E-state index in [4.69, 9.17) is 4.74 Å². The molecule has 2 aromatic rings. The molecule has 2 unspecified atom stereocenters. The third-order valence-electron chi connectivity index (χ3n) is 8.37. The maximum absolute atomic E-state index is 13.8. The molecule has 2 atom stereocenters. The first kappa shape index (κ1) is 26.5. The molecule has 2 heterocycles. The topological polar surface area (TPSA) is 56.3 Å². The van der Waals surface area contributed by atoms with E-state index in [9.17, 15) is 9.59 Å². The molecule has 0 radical (unpaired) electrons. The van der Waals surface area contributed by atoms with E-state index in [1.165, 1.54) is 19.3 Å².